The lowest BCUT2D eigenvalue weighted by Crippen LogP contribution is -2.39. The van der Waals surface area contributed by atoms with Gasteiger partial charge in [0, 0.05) is 31.2 Å². The number of hydrogen-bond acceptors (Lipinski definition) is 6. The Bertz CT molecular complexity index is 431. The van der Waals surface area contributed by atoms with Crippen molar-refractivity contribution in [2.75, 3.05) is 24.6 Å². The summed E-state index contributed by atoms with van der Waals surface area (Å²) in [7, 11) is -2.81. The van der Waals surface area contributed by atoms with Gasteiger partial charge < -0.3 is 0 Å². The fourth-order valence-corrected chi connectivity index (χ4v) is 3.30. The lowest BCUT2D eigenvalue weighted by molar-refractivity contribution is 0.284. The predicted molar refractivity (Wildman–Crippen MR) is 58.8 cm³/mol. The number of rotatable bonds is 2. The van der Waals surface area contributed by atoms with Gasteiger partial charge in [-0.3, -0.25) is 4.90 Å². The molecule has 2 heterocycles. The number of sulfone groups is 1. The zero-order valence-electron chi connectivity index (χ0n) is 7.89. The van der Waals surface area contributed by atoms with E-state index < -0.39 is 9.84 Å². The van der Waals surface area contributed by atoms with Crippen molar-refractivity contribution in [2.24, 2.45) is 0 Å². The summed E-state index contributed by atoms with van der Waals surface area (Å²) in [5, 5.41) is 3.89. The van der Waals surface area contributed by atoms with Crippen LogP contribution in [-0.4, -0.2) is 47.5 Å². The average molecular weight is 268 g/mol. The molecular weight excluding hydrogens is 258 g/mol. The van der Waals surface area contributed by atoms with Crippen molar-refractivity contribution in [3.8, 4) is 0 Å². The second-order valence-electron chi connectivity index (χ2n) is 3.42. The van der Waals surface area contributed by atoms with E-state index in [0.717, 1.165) is 17.2 Å². The molecule has 8 heteroatoms. The van der Waals surface area contributed by atoms with Crippen LogP contribution in [0, 0.1) is 0 Å². The molecule has 1 aromatic rings. The molecule has 5 nitrogen and oxygen atoms in total. The first-order valence-electron chi connectivity index (χ1n) is 4.46. The van der Waals surface area contributed by atoms with Gasteiger partial charge in [0.1, 0.15) is 10.0 Å². The molecule has 0 radical (unpaired) electrons. The Morgan fingerprint density at radius 3 is 2.60 bits per heavy atom. The maximum Gasteiger partial charge on any atom is 0.152 e. The molecule has 0 aliphatic carbocycles. The first-order valence-corrected chi connectivity index (χ1v) is 7.43. The molecule has 1 saturated heterocycles. The second-order valence-corrected chi connectivity index (χ2v) is 7.08. The van der Waals surface area contributed by atoms with Gasteiger partial charge in [-0.15, -0.1) is 5.10 Å². The highest BCUT2D eigenvalue weighted by molar-refractivity contribution is 7.91. The second kappa shape index (κ2) is 4.32. The Morgan fingerprint density at radius 2 is 2.07 bits per heavy atom. The van der Waals surface area contributed by atoms with Crippen molar-refractivity contribution in [3.63, 3.8) is 0 Å². The Morgan fingerprint density at radius 1 is 1.40 bits per heavy atom. The smallest absolute Gasteiger partial charge is 0.152 e. The van der Waals surface area contributed by atoms with E-state index in [2.05, 4.69) is 9.59 Å². The van der Waals surface area contributed by atoms with Crippen LogP contribution in [0.15, 0.2) is 0 Å². The Kier molecular flexibility index (Phi) is 3.24. The molecule has 0 atom stereocenters. The van der Waals surface area contributed by atoms with Crippen LogP contribution in [0.5, 0.6) is 0 Å². The van der Waals surface area contributed by atoms with E-state index in [1.165, 1.54) is 0 Å². The summed E-state index contributed by atoms with van der Waals surface area (Å²) in [4.78, 5) is 2.03. The van der Waals surface area contributed by atoms with E-state index in [9.17, 15) is 8.42 Å². The van der Waals surface area contributed by atoms with Crippen LogP contribution in [0.2, 0.25) is 4.34 Å². The van der Waals surface area contributed by atoms with E-state index in [4.69, 9.17) is 11.6 Å². The molecule has 0 saturated carbocycles. The highest BCUT2D eigenvalue weighted by Gasteiger charge is 2.22. The Labute approximate surface area is 97.1 Å². The molecule has 2 rings (SSSR count). The predicted octanol–water partition coefficient (Wildman–Crippen LogP) is 0.422. The van der Waals surface area contributed by atoms with Gasteiger partial charge in [-0.1, -0.05) is 16.1 Å². The summed E-state index contributed by atoms with van der Waals surface area (Å²) in [6.45, 7) is 1.69. The van der Waals surface area contributed by atoms with Crippen molar-refractivity contribution >= 4 is 33.0 Å². The van der Waals surface area contributed by atoms with E-state index in [0.29, 0.717) is 24.0 Å². The van der Waals surface area contributed by atoms with Gasteiger partial charge in [0.15, 0.2) is 9.84 Å². The number of hydrogen-bond donors (Lipinski definition) is 0. The van der Waals surface area contributed by atoms with Gasteiger partial charge >= 0.3 is 0 Å². The molecule has 84 valence electrons. The van der Waals surface area contributed by atoms with Crippen LogP contribution in [0.3, 0.4) is 0 Å². The van der Waals surface area contributed by atoms with Gasteiger partial charge in [-0.05, 0) is 0 Å². The van der Waals surface area contributed by atoms with E-state index in [-0.39, 0.29) is 11.5 Å². The molecule has 1 aliphatic rings. The fourth-order valence-electron chi connectivity index (χ4n) is 1.41. The standard InChI is InChI=1S/C7H10ClN3O2S2/c8-7-6(9-10-14-7)5-11-1-3-15(12,13)4-2-11/h1-5H2. The average Bonchev–Trinajstić information content (AvgIpc) is 2.56. The minimum atomic E-state index is -2.81. The molecular formula is C7H10ClN3O2S2. The number of aromatic nitrogens is 2. The summed E-state index contributed by atoms with van der Waals surface area (Å²) in [5.41, 5.74) is 0.737. The summed E-state index contributed by atoms with van der Waals surface area (Å²) in [5.74, 6) is 0.449. The maximum atomic E-state index is 11.2. The van der Waals surface area contributed by atoms with Gasteiger partial charge in [0.2, 0.25) is 0 Å². The minimum absolute atomic E-state index is 0.224. The molecule has 1 fully saturated rings. The van der Waals surface area contributed by atoms with Crippen LogP contribution in [0.25, 0.3) is 0 Å². The van der Waals surface area contributed by atoms with Crippen LogP contribution < -0.4 is 0 Å². The summed E-state index contributed by atoms with van der Waals surface area (Å²) >= 11 is 7.02. The Balaban J connectivity index is 1.96. The van der Waals surface area contributed by atoms with Crippen molar-refractivity contribution < 1.29 is 8.42 Å². The third-order valence-corrected chi connectivity index (χ3v) is 4.91. The minimum Gasteiger partial charge on any atom is -0.295 e. The SMILES string of the molecule is O=S1(=O)CCN(Cc2nnsc2Cl)CC1. The molecule has 0 spiro atoms. The van der Waals surface area contributed by atoms with Crippen LogP contribution in [-0.2, 0) is 16.4 Å². The molecule has 0 N–H and O–H groups in total. The largest absolute Gasteiger partial charge is 0.295 e. The molecule has 0 bridgehead atoms. The van der Waals surface area contributed by atoms with Gasteiger partial charge in [0.05, 0.1) is 11.5 Å². The highest BCUT2D eigenvalue weighted by atomic mass is 35.5. The molecule has 0 amide bonds. The number of halogens is 1. The first-order chi connectivity index (χ1) is 7.07. The highest BCUT2D eigenvalue weighted by Crippen LogP contribution is 2.19. The first kappa shape index (κ1) is 11.3. The fraction of sp³-hybridized carbons (Fsp3) is 0.714. The zero-order chi connectivity index (χ0) is 10.9. The third-order valence-electron chi connectivity index (χ3n) is 2.32. The van der Waals surface area contributed by atoms with Gasteiger partial charge in [-0.2, -0.15) is 0 Å². The molecule has 1 aliphatic heterocycles. The summed E-state index contributed by atoms with van der Waals surface area (Å²) in [6.07, 6.45) is 0. The van der Waals surface area contributed by atoms with E-state index in [1.54, 1.807) is 0 Å². The van der Waals surface area contributed by atoms with Crippen LogP contribution >= 0.6 is 23.1 Å². The summed E-state index contributed by atoms with van der Waals surface area (Å²) in [6, 6.07) is 0. The molecule has 0 aromatic carbocycles. The van der Waals surface area contributed by atoms with E-state index in [1.807, 2.05) is 4.90 Å². The van der Waals surface area contributed by atoms with Crippen LogP contribution in [0.1, 0.15) is 5.69 Å². The van der Waals surface area contributed by atoms with Crippen molar-refractivity contribution in [1.82, 2.24) is 14.5 Å². The lowest BCUT2D eigenvalue weighted by Gasteiger charge is -2.25. The van der Waals surface area contributed by atoms with Crippen molar-refractivity contribution in [3.05, 3.63) is 10.0 Å². The monoisotopic (exact) mass is 267 g/mol. The maximum absolute atomic E-state index is 11.2. The zero-order valence-corrected chi connectivity index (χ0v) is 10.3. The van der Waals surface area contributed by atoms with Crippen molar-refractivity contribution in [2.45, 2.75) is 6.54 Å². The van der Waals surface area contributed by atoms with Crippen molar-refractivity contribution in [1.29, 1.82) is 0 Å². The Hall–Kier alpha value is -0.240. The molecule has 0 unspecified atom stereocenters. The van der Waals surface area contributed by atoms with Gasteiger partial charge in [0.25, 0.3) is 0 Å². The topological polar surface area (TPSA) is 63.2 Å². The third kappa shape index (κ3) is 2.87. The molecule has 1 aromatic heterocycles. The van der Waals surface area contributed by atoms with Crippen LogP contribution in [0.4, 0.5) is 0 Å². The van der Waals surface area contributed by atoms with E-state index >= 15 is 0 Å². The summed E-state index contributed by atoms with van der Waals surface area (Å²) < 4.78 is 26.7. The normalized spacial score (nSPS) is 21.7. The molecule has 15 heavy (non-hydrogen) atoms. The number of nitrogens with zero attached hydrogens (tertiary/aromatic N) is 3. The van der Waals surface area contributed by atoms with Gasteiger partial charge in [-0.25, -0.2) is 8.42 Å². The lowest BCUT2D eigenvalue weighted by atomic mass is 10.4. The quantitative estimate of drug-likeness (QED) is 0.777.